The molecular weight excluding hydrogens is 586 g/mol. The van der Waals surface area contributed by atoms with E-state index in [0.717, 1.165) is 27.6 Å². The lowest BCUT2D eigenvalue weighted by atomic mass is 9.76. The fourth-order valence-electron chi connectivity index (χ4n) is 5.64. The first-order valence-corrected chi connectivity index (χ1v) is 15.3. The Labute approximate surface area is 239 Å². The van der Waals surface area contributed by atoms with Crippen LogP contribution in [0.5, 0.6) is 0 Å². The molecule has 0 N–H and O–H groups in total. The number of nitrogens with zero attached hydrogens (tertiary/aromatic N) is 1. The molecule has 2 saturated heterocycles. The summed E-state index contributed by atoms with van der Waals surface area (Å²) in [6.07, 6.45) is 2.14. The Morgan fingerprint density at radius 3 is 2.38 bits per heavy atom. The monoisotopic (exact) mass is 621 g/mol. The summed E-state index contributed by atoms with van der Waals surface area (Å²) in [5.74, 6) is -0.979. The summed E-state index contributed by atoms with van der Waals surface area (Å²) in [7, 11) is -2.47. The molecule has 2 bridgehead atoms. The number of carbonyl (C=O) groups excluding carboxylic acids is 2. The van der Waals surface area contributed by atoms with E-state index in [9.17, 15) is 18.0 Å². The van der Waals surface area contributed by atoms with E-state index in [1.54, 1.807) is 17.0 Å². The highest BCUT2D eigenvalue weighted by Crippen LogP contribution is 2.48. The van der Waals surface area contributed by atoms with Crippen LogP contribution in [-0.4, -0.2) is 56.8 Å². The van der Waals surface area contributed by atoms with Crippen LogP contribution in [-0.2, 0) is 35.0 Å². The van der Waals surface area contributed by atoms with Crippen LogP contribution in [0.2, 0.25) is 0 Å². The zero-order valence-electron chi connectivity index (χ0n) is 23.0. The highest BCUT2D eigenvalue weighted by atomic mass is 79.9. The normalized spacial score (nSPS) is 23.0. The maximum atomic E-state index is 13.0. The summed E-state index contributed by atoms with van der Waals surface area (Å²) in [6, 6.07) is 12.1. The summed E-state index contributed by atoms with van der Waals surface area (Å²) in [4.78, 5) is 27.9. The quantitative estimate of drug-likeness (QED) is 0.287. The van der Waals surface area contributed by atoms with Gasteiger partial charge in [-0.25, -0.2) is 4.79 Å². The van der Waals surface area contributed by atoms with Gasteiger partial charge in [-0.2, -0.15) is 8.42 Å². The van der Waals surface area contributed by atoms with E-state index in [2.05, 4.69) is 15.9 Å². The second kappa shape index (κ2) is 11.6. The van der Waals surface area contributed by atoms with Gasteiger partial charge in [-0.1, -0.05) is 45.8 Å². The predicted octanol–water partition coefficient (Wildman–Crippen LogP) is 5.75. The standard InChI is InChI=1S/C29H36BrNO7S/c1-18-6-11-22(12-7-18)39(34,35)37-15-14-19-8-9-20(16-24(19)30)23-17-21-10-13-25(26(23)27(32)36-5)31(21)28(33)38-29(2,3)4/h6-9,11-12,16,21,23,25-26H,10,13-15,17H2,1-5H3. The molecule has 4 unspecified atom stereocenters. The number of halogens is 1. The lowest BCUT2D eigenvalue weighted by Gasteiger charge is -2.43. The first kappa shape index (κ1) is 29.6. The molecule has 0 saturated carbocycles. The molecule has 0 radical (unpaired) electrons. The Balaban J connectivity index is 1.49. The van der Waals surface area contributed by atoms with E-state index in [-0.39, 0.29) is 41.6 Å². The molecule has 2 aromatic rings. The number of carbonyl (C=O) groups is 2. The predicted molar refractivity (Wildman–Crippen MR) is 150 cm³/mol. The highest BCUT2D eigenvalue weighted by molar-refractivity contribution is 9.10. The summed E-state index contributed by atoms with van der Waals surface area (Å²) >= 11 is 3.63. The van der Waals surface area contributed by atoms with Crippen LogP contribution in [0.15, 0.2) is 51.8 Å². The zero-order valence-corrected chi connectivity index (χ0v) is 25.4. The van der Waals surface area contributed by atoms with Crippen LogP contribution in [0.1, 0.15) is 62.6 Å². The molecule has 2 fully saturated rings. The molecule has 10 heteroatoms. The topological polar surface area (TPSA) is 99.2 Å². The van der Waals surface area contributed by atoms with Crippen molar-refractivity contribution >= 4 is 38.1 Å². The van der Waals surface area contributed by atoms with E-state index in [0.29, 0.717) is 19.3 Å². The molecule has 1 amide bonds. The number of hydrogen-bond acceptors (Lipinski definition) is 7. The van der Waals surface area contributed by atoms with Crippen molar-refractivity contribution in [2.45, 2.75) is 81.9 Å². The number of rotatable bonds is 7. The van der Waals surface area contributed by atoms with E-state index in [1.807, 2.05) is 45.9 Å². The molecule has 39 heavy (non-hydrogen) atoms. The average molecular weight is 623 g/mol. The maximum absolute atomic E-state index is 13.0. The van der Waals surface area contributed by atoms with Crippen molar-refractivity contribution in [2.24, 2.45) is 5.92 Å². The van der Waals surface area contributed by atoms with Crippen LogP contribution in [0.25, 0.3) is 0 Å². The Morgan fingerprint density at radius 1 is 1.08 bits per heavy atom. The number of methoxy groups -OCH3 is 1. The average Bonchev–Trinajstić information content (AvgIpc) is 3.17. The molecule has 2 aliphatic heterocycles. The van der Waals surface area contributed by atoms with E-state index in [4.69, 9.17) is 13.7 Å². The molecule has 0 aromatic heterocycles. The summed E-state index contributed by atoms with van der Waals surface area (Å²) < 4.78 is 42.0. The number of amides is 1. The molecule has 0 aliphatic carbocycles. The molecule has 2 aliphatic rings. The Morgan fingerprint density at radius 2 is 1.77 bits per heavy atom. The minimum absolute atomic E-state index is 0.00261. The smallest absolute Gasteiger partial charge is 0.410 e. The van der Waals surface area contributed by atoms with Crippen molar-refractivity contribution in [3.8, 4) is 0 Å². The molecule has 0 spiro atoms. The largest absolute Gasteiger partial charge is 0.469 e. The van der Waals surface area contributed by atoms with Crippen molar-refractivity contribution in [1.82, 2.24) is 4.90 Å². The third-order valence-electron chi connectivity index (χ3n) is 7.42. The van der Waals surface area contributed by atoms with Gasteiger partial charge in [0.15, 0.2) is 0 Å². The summed E-state index contributed by atoms with van der Waals surface area (Å²) in [5.41, 5.74) is 2.20. The van der Waals surface area contributed by atoms with Crippen LogP contribution in [0.3, 0.4) is 0 Å². The van der Waals surface area contributed by atoms with Crippen LogP contribution < -0.4 is 0 Å². The van der Waals surface area contributed by atoms with Crippen LogP contribution >= 0.6 is 15.9 Å². The van der Waals surface area contributed by atoms with Gasteiger partial charge in [0.2, 0.25) is 0 Å². The molecule has 4 rings (SSSR count). The van der Waals surface area contributed by atoms with Crippen molar-refractivity contribution in [1.29, 1.82) is 0 Å². The summed E-state index contributed by atoms with van der Waals surface area (Å²) in [5, 5.41) is 0. The lowest BCUT2D eigenvalue weighted by molar-refractivity contribution is -0.150. The zero-order chi connectivity index (χ0) is 28.5. The van der Waals surface area contributed by atoms with Crippen LogP contribution in [0, 0.1) is 12.8 Å². The van der Waals surface area contributed by atoms with E-state index < -0.39 is 21.6 Å². The van der Waals surface area contributed by atoms with Crippen molar-refractivity contribution in [3.63, 3.8) is 0 Å². The van der Waals surface area contributed by atoms with Gasteiger partial charge >= 0.3 is 12.1 Å². The van der Waals surface area contributed by atoms with Gasteiger partial charge < -0.3 is 14.4 Å². The third kappa shape index (κ3) is 6.66. The van der Waals surface area contributed by atoms with Gasteiger partial charge in [0.25, 0.3) is 10.1 Å². The third-order valence-corrected chi connectivity index (χ3v) is 9.49. The van der Waals surface area contributed by atoms with E-state index >= 15 is 0 Å². The Bertz CT molecular complexity index is 1320. The van der Waals surface area contributed by atoms with Gasteiger partial charge in [-0.05, 0) is 82.7 Å². The molecule has 2 aromatic carbocycles. The van der Waals surface area contributed by atoms with Gasteiger partial charge in [-0.3, -0.25) is 8.98 Å². The second-order valence-corrected chi connectivity index (χ2v) is 13.7. The Kier molecular flexibility index (Phi) is 8.78. The minimum atomic E-state index is -3.84. The minimum Gasteiger partial charge on any atom is -0.469 e. The number of ether oxygens (including phenoxy) is 2. The fourth-order valence-corrected chi connectivity index (χ4v) is 7.14. The number of fused-ring (bicyclic) bond motifs is 2. The van der Waals surface area contributed by atoms with E-state index in [1.165, 1.54) is 19.2 Å². The fraction of sp³-hybridized carbons (Fsp3) is 0.517. The molecule has 8 nitrogen and oxygen atoms in total. The number of benzene rings is 2. The molecule has 2 heterocycles. The molecular formula is C29H36BrNO7S. The van der Waals surface area contributed by atoms with Crippen LogP contribution in [0.4, 0.5) is 4.79 Å². The van der Waals surface area contributed by atoms with Gasteiger partial charge in [0, 0.05) is 22.5 Å². The van der Waals surface area contributed by atoms with Crippen molar-refractivity contribution < 1.29 is 31.7 Å². The molecule has 4 atom stereocenters. The lowest BCUT2D eigenvalue weighted by Crippen LogP contribution is -2.54. The van der Waals surface area contributed by atoms with Crippen molar-refractivity contribution in [2.75, 3.05) is 13.7 Å². The van der Waals surface area contributed by atoms with Gasteiger partial charge in [0.1, 0.15) is 5.60 Å². The number of aryl methyl sites for hydroxylation is 1. The molecule has 212 valence electrons. The SMILES string of the molecule is COC(=O)C1C(c2ccc(CCOS(=O)(=O)c3ccc(C)cc3)c(Br)c2)CC2CCC1N2C(=O)OC(C)(C)C. The van der Waals surface area contributed by atoms with Gasteiger partial charge in [-0.15, -0.1) is 0 Å². The number of hydrogen-bond donors (Lipinski definition) is 0. The maximum Gasteiger partial charge on any atom is 0.410 e. The first-order chi connectivity index (χ1) is 18.3. The summed E-state index contributed by atoms with van der Waals surface area (Å²) in [6.45, 7) is 7.39. The first-order valence-electron chi connectivity index (χ1n) is 13.1. The highest BCUT2D eigenvalue weighted by Gasteiger charge is 2.53. The Hall–Kier alpha value is -2.43. The second-order valence-electron chi connectivity index (χ2n) is 11.3. The van der Waals surface area contributed by atoms with Crippen molar-refractivity contribution in [3.05, 3.63) is 63.6 Å². The number of esters is 1. The number of piperidine rings is 1. The van der Waals surface area contributed by atoms with Gasteiger partial charge in [0.05, 0.1) is 24.5 Å².